The molecule has 0 bridgehead atoms. The van der Waals surface area contributed by atoms with Gasteiger partial charge in [-0.25, -0.2) is 10.4 Å². The van der Waals surface area contributed by atoms with Crippen LogP contribution in [0.5, 0.6) is 11.5 Å². The topological polar surface area (TPSA) is 94.8 Å². The second-order valence-corrected chi connectivity index (χ2v) is 4.99. The first kappa shape index (κ1) is 14.9. The normalized spacial score (nSPS) is 10.7. The molecular weight excluding hydrogens is 290 g/mol. The van der Waals surface area contributed by atoms with Crippen LogP contribution < -0.4 is 5.43 Å². The van der Waals surface area contributed by atoms with Gasteiger partial charge in [0.15, 0.2) is 11.5 Å². The number of nitrogens with one attached hydrogen (secondary N) is 1. The number of nitrogens with zero attached hydrogens (tertiary/aromatic N) is 2. The molecule has 7 heteroatoms. The van der Waals surface area contributed by atoms with E-state index in [1.165, 1.54) is 30.1 Å². The first-order valence-corrected chi connectivity index (χ1v) is 7.01. The van der Waals surface area contributed by atoms with Crippen molar-refractivity contribution in [3.8, 4) is 11.5 Å². The molecule has 0 unspecified atom stereocenters. The summed E-state index contributed by atoms with van der Waals surface area (Å²) in [5, 5.41) is 23.0. The fraction of sp³-hybridized carbons (Fsp3) is 0.0714. The summed E-state index contributed by atoms with van der Waals surface area (Å²) < 4.78 is 0. The van der Waals surface area contributed by atoms with Gasteiger partial charge in [-0.05, 0) is 35.9 Å². The number of amides is 1. The highest BCUT2D eigenvalue weighted by molar-refractivity contribution is 7.99. The summed E-state index contributed by atoms with van der Waals surface area (Å²) >= 11 is 1.31. The molecule has 2 rings (SSSR count). The van der Waals surface area contributed by atoms with Crippen LogP contribution in [0.25, 0.3) is 0 Å². The molecule has 1 aromatic heterocycles. The van der Waals surface area contributed by atoms with E-state index >= 15 is 0 Å². The van der Waals surface area contributed by atoms with E-state index < -0.39 is 0 Å². The number of hydrogen-bond acceptors (Lipinski definition) is 6. The van der Waals surface area contributed by atoms with Gasteiger partial charge in [-0.15, -0.1) is 0 Å². The number of aromatic hydroxyl groups is 2. The minimum Gasteiger partial charge on any atom is -0.504 e. The van der Waals surface area contributed by atoms with E-state index in [1.807, 2.05) is 18.2 Å². The van der Waals surface area contributed by atoms with Crippen molar-refractivity contribution < 1.29 is 15.0 Å². The summed E-state index contributed by atoms with van der Waals surface area (Å²) in [5.74, 6) is -0.501. The minimum atomic E-state index is -0.259. The molecule has 1 aromatic carbocycles. The lowest BCUT2D eigenvalue weighted by atomic mass is 10.2. The van der Waals surface area contributed by atoms with E-state index in [0.29, 0.717) is 5.56 Å². The molecule has 0 radical (unpaired) electrons. The van der Waals surface area contributed by atoms with Crippen molar-refractivity contribution >= 4 is 23.9 Å². The number of pyridine rings is 1. The van der Waals surface area contributed by atoms with Crippen molar-refractivity contribution in [1.29, 1.82) is 0 Å². The average molecular weight is 303 g/mol. The van der Waals surface area contributed by atoms with Crippen molar-refractivity contribution in [1.82, 2.24) is 10.4 Å². The van der Waals surface area contributed by atoms with Gasteiger partial charge in [0.05, 0.1) is 17.0 Å². The Morgan fingerprint density at radius 1 is 1.29 bits per heavy atom. The zero-order valence-corrected chi connectivity index (χ0v) is 11.7. The molecular formula is C14H13N3O3S. The Morgan fingerprint density at radius 3 is 2.86 bits per heavy atom. The van der Waals surface area contributed by atoms with Crippen molar-refractivity contribution in [2.45, 2.75) is 5.03 Å². The fourth-order valence-electron chi connectivity index (χ4n) is 1.40. The number of benzene rings is 1. The third-order valence-corrected chi connectivity index (χ3v) is 3.34. The van der Waals surface area contributed by atoms with Gasteiger partial charge in [0.2, 0.25) is 5.91 Å². The molecule has 108 valence electrons. The van der Waals surface area contributed by atoms with Gasteiger partial charge >= 0.3 is 0 Å². The van der Waals surface area contributed by atoms with Gasteiger partial charge in [0.1, 0.15) is 0 Å². The fourth-order valence-corrected chi connectivity index (χ4v) is 2.06. The van der Waals surface area contributed by atoms with Crippen LogP contribution in [0.15, 0.2) is 52.7 Å². The molecule has 1 amide bonds. The second-order valence-electron chi connectivity index (χ2n) is 4.00. The number of carbonyl (C=O) groups excluding carboxylic acids is 1. The molecule has 0 saturated heterocycles. The largest absolute Gasteiger partial charge is 0.504 e. The van der Waals surface area contributed by atoms with Crippen LogP contribution in [0, 0.1) is 0 Å². The Morgan fingerprint density at radius 2 is 2.14 bits per heavy atom. The highest BCUT2D eigenvalue weighted by Gasteiger charge is 2.02. The number of aromatic nitrogens is 1. The molecule has 3 N–H and O–H groups in total. The monoisotopic (exact) mass is 303 g/mol. The van der Waals surface area contributed by atoms with Crippen LogP contribution in [0.1, 0.15) is 5.56 Å². The van der Waals surface area contributed by atoms with E-state index in [0.717, 1.165) is 5.03 Å². The molecule has 1 heterocycles. The standard InChI is InChI=1S/C14H13N3O3S/c18-11-5-4-10(7-12(11)19)8-16-17-13(20)9-21-14-3-1-2-6-15-14/h1-8,18-19H,9H2,(H,17,20)/b16-8+. The lowest BCUT2D eigenvalue weighted by Crippen LogP contribution is -2.19. The molecule has 0 atom stereocenters. The molecule has 0 aliphatic rings. The summed E-state index contributed by atoms with van der Waals surface area (Å²) in [4.78, 5) is 15.7. The number of hydrazone groups is 1. The molecule has 6 nitrogen and oxygen atoms in total. The number of rotatable bonds is 5. The first-order valence-electron chi connectivity index (χ1n) is 6.03. The van der Waals surface area contributed by atoms with E-state index in [9.17, 15) is 9.90 Å². The first-order chi connectivity index (χ1) is 10.1. The van der Waals surface area contributed by atoms with Crippen LogP contribution in [0.4, 0.5) is 0 Å². The molecule has 0 aliphatic heterocycles. The maximum absolute atomic E-state index is 11.6. The van der Waals surface area contributed by atoms with Gasteiger partial charge in [-0.1, -0.05) is 17.8 Å². The smallest absolute Gasteiger partial charge is 0.250 e. The number of hydrogen-bond donors (Lipinski definition) is 3. The Kier molecular flexibility index (Phi) is 5.16. The minimum absolute atomic E-state index is 0.204. The van der Waals surface area contributed by atoms with Crippen LogP contribution in [0.3, 0.4) is 0 Å². The van der Waals surface area contributed by atoms with E-state index in [1.54, 1.807) is 12.3 Å². The van der Waals surface area contributed by atoms with Crippen LogP contribution in [0.2, 0.25) is 0 Å². The zero-order chi connectivity index (χ0) is 15.1. The molecule has 2 aromatic rings. The van der Waals surface area contributed by atoms with E-state index in [-0.39, 0.29) is 23.2 Å². The van der Waals surface area contributed by atoms with Crippen molar-refractivity contribution in [3.63, 3.8) is 0 Å². The third kappa shape index (κ3) is 4.81. The van der Waals surface area contributed by atoms with Gasteiger partial charge in [-0.2, -0.15) is 5.10 Å². The molecule has 0 fully saturated rings. The predicted molar refractivity (Wildman–Crippen MR) is 80.5 cm³/mol. The van der Waals surface area contributed by atoms with Crippen LogP contribution in [-0.4, -0.2) is 33.1 Å². The number of phenolic OH excluding ortho intramolecular Hbond substituents is 2. The summed E-state index contributed by atoms with van der Waals surface area (Å²) in [7, 11) is 0. The SMILES string of the molecule is O=C(CSc1ccccn1)N/N=C/c1ccc(O)c(O)c1. The van der Waals surface area contributed by atoms with Gasteiger partial charge in [0, 0.05) is 6.20 Å². The summed E-state index contributed by atoms with van der Waals surface area (Å²) in [5.41, 5.74) is 2.93. The third-order valence-electron chi connectivity index (χ3n) is 2.39. The maximum Gasteiger partial charge on any atom is 0.250 e. The molecule has 21 heavy (non-hydrogen) atoms. The highest BCUT2D eigenvalue weighted by atomic mass is 32.2. The Bertz CT molecular complexity index is 647. The Labute approximate surface area is 125 Å². The van der Waals surface area contributed by atoms with E-state index in [2.05, 4.69) is 15.5 Å². The van der Waals surface area contributed by atoms with Gasteiger partial charge in [-0.3, -0.25) is 4.79 Å². The molecule has 0 aliphatic carbocycles. The summed E-state index contributed by atoms with van der Waals surface area (Å²) in [6.07, 6.45) is 3.04. The maximum atomic E-state index is 11.6. The van der Waals surface area contributed by atoms with E-state index in [4.69, 9.17) is 5.11 Å². The molecule has 0 spiro atoms. The lowest BCUT2D eigenvalue weighted by Gasteiger charge is -2.00. The Balaban J connectivity index is 1.80. The number of phenols is 2. The second kappa shape index (κ2) is 7.30. The van der Waals surface area contributed by atoms with Gasteiger partial charge in [0.25, 0.3) is 0 Å². The summed E-state index contributed by atoms with van der Waals surface area (Å²) in [6.45, 7) is 0. The zero-order valence-electron chi connectivity index (χ0n) is 10.9. The van der Waals surface area contributed by atoms with Crippen LogP contribution >= 0.6 is 11.8 Å². The highest BCUT2D eigenvalue weighted by Crippen LogP contribution is 2.23. The summed E-state index contributed by atoms with van der Waals surface area (Å²) in [6, 6.07) is 9.72. The van der Waals surface area contributed by atoms with Crippen molar-refractivity contribution in [3.05, 3.63) is 48.2 Å². The average Bonchev–Trinajstić information content (AvgIpc) is 2.50. The number of carbonyl (C=O) groups is 1. The quantitative estimate of drug-likeness (QED) is 0.338. The predicted octanol–water partition coefficient (Wildman–Crippen LogP) is 1.74. The molecule has 0 saturated carbocycles. The van der Waals surface area contributed by atoms with Crippen molar-refractivity contribution in [2.24, 2.45) is 5.10 Å². The van der Waals surface area contributed by atoms with Crippen LogP contribution in [-0.2, 0) is 4.79 Å². The lowest BCUT2D eigenvalue weighted by molar-refractivity contribution is -0.118. The Hall–Kier alpha value is -2.54. The van der Waals surface area contributed by atoms with Crippen molar-refractivity contribution in [2.75, 3.05) is 5.75 Å². The van der Waals surface area contributed by atoms with Gasteiger partial charge < -0.3 is 10.2 Å². The number of thioether (sulfide) groups is 1.